The Hall–Kier alpha value is -2.55. The van der Waals surface area contributed by atoms with Crippen LogP contribution in [0.5, 0.6) is 0 Å². The number of carbonyl (C=O) groups is 2. The van der Waals surface area contributed by atoms with Crippen molar-refractivity contribution in [1.29, 1.82) is 0 Å². The van der Waals surface area contributed by atoms with Crippen LogP contribution in [-0.4, -0.2) is 53.4 Å². The van der Waals surface area contributed by atoms with Crippen LogP contribution in [0, 0.1) is 17.8 Å². The molecule has 1 saturated heterocycles. The van der Waals surface area contributed by atoms with Gasteiger partial charge >= 0.3 is 0 Å². The van der Waals surface area contributed by atoms with Gasteiger partial charge in [-0.05, 0) is 51.2 Å². The molecule has 0 aromatic carbocycles. The first-order valence-electron chi connectivity index (χ1n) is 10.3. The van der Waals surface area contributed by atoms with Gasteiger partial charge in [-0.3, -0.25) is 14.6 Å². The number of pyridine rings is 1. The number of piperidine rings is 1. The molecule has 2 atom stereocenters. The predicted molar refractivity (Wildman–Crippen MR) is 110 cm³/mol. The maximum Gasteiger partial charge on any atom is 0.240 e. The lowest BCUT2D eigenvalue weighted by Gasteiger charge is -2.36. The normalized spacial score (nSPS) is 19.9. The fraction of sp³-hybridized carbons (Fsp3) is 0.591. The molecule has 2 aliphatic rings. The molecule has 0 spiro atoms. The van der Waals surface area contributed by atoms with Crippen molar-refractivity contribution in [3.05, 3.63) is 24.5 Å². The molecule has 1 aliphatic carbocycles. The lowest BCUT2D eigenvalue weighted by molar-refractivity contribution is -0.140. The van der Waals surface area contributed by atoms with Crippen molar-refractivity contribution in [1.82, 2.24) is 15.2 Å². The number of amides is 2. The van der Waals surface area contributed by atoms with Crippen LogP contribution in [-0.2, 0) is 9.59 Å². The van der Waals surface area contributed by atoms with Gasteiger partial charge in [0.15, 0.2) is 0 Å². The van der Waals surface area contributed by atoms with Crippen LogP contribution in [0.3, 0.4) is 0 Å². The molecule has 0 radical (unpaired) electrons. The minimum atomic E-state index is -0.148. The molecule has 28 heavy (non-hydrogen) atoms. The summed E-state index contributed by atoms with van der Waals surface area (Å²) in [5.41, 5.74) is 1.10. The molecule has 2 heterocycles. The number of carbonyl (C=O) groups excluding carboxylic acids is 2. The van der Waals surface area contributed by atoms with Gasteiger partial charge in [0.25, 0.3) is 0 Å². The maximum absolute atomic E-state index is 13.3. The average molecular weight is 383 g/mol. The largest absolute Gasteiger partial charge is 0.371 e. The number of nitrogens with zero attached hydrogens (tertiary/aromatic N) is 3. The Balaban J connectivity index is 1.62. The summed E-state index contributed by atoms with van der Waals surface area (Å²) in [6.45, 7) is 5.55. The van der Waals surface area contributed by atoms with Crippen LogP contribution in [0.1, 0.15) is 46.0 Å². The van der Waals surface area contributed by atoms with Crippen LogP contribution in [0.2, 0.25) is 0 Å². The molecule has 6 nitrogen and oxygen atoms in total. The third-order valence-electron chi connectivity index (χ3n) is 5.45. The van der Waals surface area contributed by atoms with Gasteiger partial charge in [0.2, 0.25) is 11.8 Å². The molecule has 1 saturated carbocycles. The lowest BCUT2D eigenvalue weighted by Crippen LogP contribution is -2.49. The highest BCUT2D eigenvalue weighted by molar-refractivity contribution is 5.87. The fourth-order valence-corrected chi connectivity index (χ4v) is 3.78. The third-order valence-corrected chi connectivity index (χ3v) is 5.45. The van der Waals surface area contributed by atoms with Crippen LogP contribution >= 0.6 is 0 Å². The second kappa shape index (κ2) is 9.59. The zero-order valence-corrected chi connectivity index (χ0v) is 16.9. The van der Waals surface area contributed by atoms with Crippen molar-refractivity contribution in [3.8, 4) is 11.8 Å². The standard InChI is InChI=1S/C22H30N4O2/c1-3-6-18(4-2)24-21(27)16-26(20-8-9-20)22(28)17-7-5-14-25(15-17)19-10-12-23-13-11-19/h10-13,17-18,20H,4-5,7-9,14-16H2,1-2H3,(H,24,27). The average Bonchev–Trinajstić information content (AvgIpc) is 3.57. The minimum absolute atomic E-state index is 0.0623. The Kier molecular flexibility index (Phi) is 6.91. The van der Waals surface area contributed by atoms with Gasteiger partial charge in [0, 0.05) is 37.2 Å². The van der Waals surface area contributed by atoms with Gasteiger partial charge in [0.1, 0.15) is 0 Å². The van der Waals surface area contributed by atoms with E-state index in [1.54, 1.807) is 19.3 Å². The number of hydrogen-bond donors (Lipinski definition) is 1. The van der Waals surface area contributed by atoms with Crippen molar-refractivity contribution in [2.75, 3.05) is 24.5 Å². The predicted octanol–water partition coefficient (Wildman–Crippen LogP) is 2.21. The smallest absolute Gasteiger partial charge is 0.240 e. The number of anilines is 1. The van der Waals surface area contributed by atoms with Crippen LogP contribution in [0.4, 0.5) is 5.69 Å². The summed E-state index contributed by atoms with van der Waals surface area (Å²) in [7, 11) is 0. The third kappa shape index (κ3) is 5.25. The van der Waals surface area contributed by atoms with Gasteiger partial charge in [-0.15, -0.1) is 5.92 Å². The first-order valence-corrected chi connectivity index (χ1v) is 10.3. The lowest BCUT2D eigenvalue weighted by atomic mass is 9.96. The highest BCUT2D eigenvalue weighted by Gasteiger charge is 2.38. The maximum atomic E-state index is 13.3. The number of hydrogen-bond acceptors (Lipinski definition) is 4. The summed E-state index contributed by atoms with van der Waals surface area (Å²) in [5.74, 6) is 5.79. The molecule has 0 bridgehead atoms. The SMILES string of the molecule is CC#CC(CC)NC(=O)CN(C(=O)C1CCCN(c2ccncc2)C1)C1CC1. The molecule has 1 aromatic heterocycles. The van der Waals surface area contributed by atoms with Crippen LogP contribution in [0.15, 0.2) is 24.5 Å². The van der Waals surface area contributed by atoms with Crippen LogP contribution in [0.25, 0.3) is 0 Å². The van der Waals surface area contributed by atoms with E-state index in [1.165, 1.54) is 0 Å². The van der Waals surface area contributed by atoms with E-state index in [9.17, 15) is 9.59 Å². The monoisotopic (exact) mass is 382 g/mol. The van der Waals surface area contributed by atoms with E-state index in [4.69, 9.17) is 0 Å². The van der Waals surface area contributed by atoms with Gasteiger partial charge < -0.3 is 15.1 Å². The van der Waals surface area contributed by atoms with E-state index >= 15 is 0 Å². The molecular formula is C22H30N4O2. The molecule has 6 heteroatoms. The van der Waals surface area contributed by atoms with Gasteiger partial charge in [-0.25, -0.2) is 0 Å². The van der Waals surface area contributed by atoms with Crippen molar-refractivity contribution < 1.29 is 9.59 Å². The van der Waals surface area contributed by atoms with Crippen molar-refractivity contribution in [3.63, 3.8) is 0 Å². The van der Waals surface area contributed by atoms with Gasteiger partial charge in [-0.1, -0.05) is 12.8 Å². The Morgan fingerprint density at radius 1 is 1.32 bits per heavy atom. The van der Waals surface area contributed by atoms with E-state index in [2.05, 4.69) is 27.0 Å². The summed E-state index contributed by atoms with van der Waals surface area (Å²) in [4.78, 5) is 33.9. The van der Waals surface area contributed by atoms with E-state index < -0.39 is 0 Å². The Labute approximate surface area is 167 Å². The summed E-state index contributed by atoms with van der Waals surface area (Å²) >= 11 is 0. The highest BCUT2D eigenvalue weighted by atomic mass is 16.2. The van der Waals surface area contributed by atoms with Gasteiger partial charge in [-0.2, -0.15) is 0 Å². The second-order valence-corrected chi connectivity index (χ2v) is 7.61. The zero-order valence-electron chi connectivity index (χ0n) is 16.9. The molecule has 2 fully saturated rings. The summed E-state index contributed by atoms with van der Waals surface area (Å²) in [6, 6.07) is 4.04. The first-order chi connectivity index (χ1) is 13.6. The van der Waals surface area contributed by atoms with Crippen molar-refractivity contribution in [2.24, 2.45) is 5.92 Å². The molecule has 1 N–H and O–H groups in total. The summed E-state index contributed by atoms with van der Waals surface area (Å²) in [6.07, 6.45) is 8.17. The molecule has 1 aliphatic heterocycles. The summed E-state index contributed by atoms with van der Waals surface area (Å²) in [5, 5.41) is 2.95. The molecular weight excluding hydrogens is 352 g/mol. The second-order valence-electron chi connectivity index (χ2n) is 7.61. The Bertz CT molecular complexity index is 736. The number of aromatic nitrogens is 1. The van der Waals surface area contributed by atoms with Crippen molar-refractivity contribution in [2.45, 2.75) is 58.0 Å². The molecule has 2 amide bonds. The summed E-state index contributed by atoms with van der Waals surface area (Å²) < 4.78 is 0. The number of nitrogens with one attached hydrogen (secondary N) is 1. The molecule has 150 valence electrons. The Morgan fingerprint density at radius 2 is 2.07 bits per heavy atom. The molecule has 1 aromatic rings. The van der Waals surface area contributed by atoms with Crippen molar-refractivity contribution >= 4 is 17.5 Å². The van der Waals surface area contributed by atoms with E-state index in [0.29, 0.717) is 6.54 Å². The molecule has 3 rings (SSSR count). The topological polar surface area (TPSA) is 65.5 Å². The fourth-order valence-electron chi connectivity index (χ4n) is 3.78. The highest BCUT2D eigenvalue weighted by Crippen LogP contribution is 2.31. The molecule has 2 unspecified atom stereocenters. The number of rotatable bonds is 7. The van der Waals surface area contributed by atoms with Crippen LogP contribution < -0.4 is 10.2 Å². The zero-order chi connectivity index (χ0) is 19.9. The first kappa shape index (κ1) is 20.2. The quantitative estimate of drug-likeness (QED) is 0.735. The van der Waals surface area contributed by atoms with Gasteiger partial charge in [0.05, 0.1) is 18.5 Å². The minimum Gasteiger partial charge on any atom is -0.371 e. The van der Waals surface area contributed by atoms with E-state index in [0.717, 1.165) is 44.3 Å². The van der Waals surface area contributed by atoms with E-state index in [-0.39, 0.29) is 36.4 Å². The van der Waals surface area contributed by atoms with E-state index in [1.807, 2.05) is 24.0 Å². The Morgan fingerprint density at radius 3 is 2.71 bits per heavy atom.